The zero-order valence-electron chi connectivity index (χ0n) is 11.4. The van der Waals surface area contributed by atoms with Crippen LogP contribution in [0.25, 0.3) is 0 Å². The van der Waals surface area contributed by atoms with E-state index in [1.54, 1.807) is 24.3 Å². The molecule has 0 saturated heterocycles. The molecule has 5 heteroatoms. The molecule has 0 atom stereocenters. The summed E-state index contributed by atoms with van der Waals surface area (Å²) in [4.78, 5) is 22.6. The minimum Gasteiger partial charge on any atom is -0.427 e. The lowest BCUT2D eigenvalue weighted by Crippen LogP contribution is -2.35. The number of carbonyl (C=O) groups excluding carboxylic acids is 1. The number of hydrogen-bond acceptors (Lipinski definition) is 4. The molecule has 1 aromatic carbocycles. The predicted molar refractivity (Wildman–Crippen MR) is 74.1 cm³/mol. The molecule has 0 aliphatic heterocycles. The minimum atomic E-state index is -0.520. The second kappa shape index (κ2) is 6.50. The van der Waals surface area contributed by atoms with Gasteiger partial charge in [0, 0.05) is 10.3 Å². The van der Waals surface area contributed by atoms with Gasteiger partial charge in [-0.05, 0) is 25.0 Å². The first-order valence-corrected chi connectivity index (χ1v) is 6.97. The molecule has 0 heterocycles. The monoisotopic (exact) mass is 277 g/mol. The van der Waals surface area contributed by atoms with Crippen LogP contribution in [-0.2, 0) is 4.79 Å². The molecule has 0 spiro atoms. The SMILES string of the molecule is O=C(CC1(C[N+](=O)[O-])CCCCC1)Oc1ccccc1. The Labute approximate surface area is 118 Å². The van der Waals surface area contributed by atoms with Crippen molar-refractivity contribution >= 4 is 5.97 Å². The Bertz CT molecular complexity index is 466. The zero-order valence-corrected chi connectivity index (χ0v) is 11.4. The van der Waals surface area contributed by atoms with E-state index in [4.69, 9.17) is 4.74 Å². The smallest absolute Gasteiger partial charge is 0.312 e. The quantitative estimate of drug-likeness (QED) is 0.358. The van der Waals surface area contributed by atoms with Crippen LogP contribution in [0.15, 0.2) is 30.3 Å². The molecule has 1 aliphatic carbocycles. The summed E-state index contributed by atoms with van der Waals surface area (Å²) < 4.78 is 5.26. The lowest BCUT2D eigenvalue weighted by atomic mass is 9.72. The Hall–Kier alpha value is -1.91. The van der Waals surface area contributed by atoms with Crippen molar-refractivity contribution in [2.75, 3.05) is 6.54 Å². The van der Waals surface area contributed by atoms with Gasteiger partial charge in [-0.1, -0.05) is 37.5 Å². The van der Waals surface area contributed by atoms with Crippen LogP contribution in [0, 0.1) is 15.5 Å². The summed E-state index contributed by atoms with van der Waals surface area (Å²) in [5, 5.41) is 10.9. The number of nitro groups is 1. The molecule has 0 radical (unpaired) electrons. The van der Waals surface area contributed by atoms with E-state index in [9.17, 15) is 14.9 Å². The van der Waals surface area contributed by atoms with Crippen LogP contribution >= 0.6 is 0 Å². The predicted octanol–water partition coefficient (Wildman–Crippen LogP) is 3.21. The molecule has 0 aromatic heterocycles. The van der Waals surface area contributed by atoms with Gasteiger partial charge in [-0.25, -0.2) is 0 Å². The minimum absolute atomic E-state index is 0.128. The van der Waals surface area contributed by atoms with Crippen LogP contribution in [0.1, 0.15) is 38.5 Å². The molecule has 1 aliphatic rings. The number of ether oxygens (including phenoxy) is 1. The van der Waals surface area contributed by atoms with Crippen molar-refractivity contribution in [2.24, 2.45) is 5.41 Å². The molecule has 1 fully saturated rings. The van der Waals surface area contributed by atoms with Gasteiger partial charge in [0.05, 0.1) is 6.42 Å². The van der Waals surface area contributed by atoms with E-state index in [0.717, 1.165) is 32.1 Å². The first kappa shape index (κ1) is 14.5. The highest BCUT2D eigenvalue weighted by Crippen LogP contribution is 2.39. The number of carbonyl (C=O) groups is 1. The number of para-hydroxylation sites is 1. The summed E-state index contributed by atoms with van der Waals surface area (Å²) in [7, 11) is 0. The summed E-state index contributed by atoms with van der Waals surface area (Å²) >= 11 is 0. The van der Waals surface area contributed by atoms with Crippen molar-refractivity contribution in [3.63, 3.8) is 0 Å². The van der Waals surface area contributed by atoms with E-state index in [1.807, 2.05) is 6.07 Å². The molecule has 0 bridgehead atoms. The number of hydrogen-bond donors (Lipinski definition) is 0. The van der Waals surface area contributed by atoms with Gasteiger partial charge >= 0.3 is 5.97 Å². The second-order valence-electron chi connectivity index (χ2n) is 5.52. The summed E-state index contributed by atoms with van der Waals surface area (Å²) in [6.45, 7) is -0.142. The van der Waals surface area contributed by atoms with Gasteiger partial charge in [0.2, 0.25) is 6.54 Å². The Kier molecular flexibility index (Phi) is 4.71. The van der Waals surface area contributed by atoms with Gasteiger partial charge in [-0.15, -0.1) is 0 Å². The third-order valence-electron chi connectivity index (χ3n) is 3.87. The lowest BCUT2D eigenvalue weighted by molar-refractivity contribution is -0.498. The van der Waals surface area contributed by atoms with E-state index in [2.05, 4.69) is 0 Å². The molecule has 2 rings (SSSR count). The number of esters is 1. The maximum atomic E-state index is 12.0. The number of rotatable bonds is 5. The lowest BCUT2D eigenvalue weighted by Gasteiger charge is -2.32. The van der Waals surface area contributed by atoms with E-state index >= 15 is 0 Å². The molecular weight excluding hydrogens is 258 g/mol. The van der Waals surface area contributed by atoms with Crippen molar-refractivity contribution in [3.8, 4) is 5.75 Å². The second-order valence-corrected chi connectivity index (χ2v) is 5.52. The van der Waals surface area contributed by atoms with Crippen LogP contribution in [-0.4, -0.2) is 17.4 Å². The normalized spacial score (nSPS) is 17.4. The largest absolute Gasteiger partial charge is 0.427 e. The molecule has 0 N–H and O–H groups in total. The molecular formula is C15H19NO4. The van der Waals surface area contributed by atoms with Crippen LogP contribution in [0.2, 0.25) is 0 Å². The van der Waals surface area contributed by atoms with E-state index in [-0.39, 0.29) is 23.9 Å². The van der Waals surface area contributed by atoms with Crippen LogP contribution < -0.4 is 4.74 Å². The van der Waals surface area contributed by atoms with Crippen molar-refractivity contribution in [3.05, 3.63) is 40.4 Å². The topological polar surface area (TPSA) is 69.4 Å². The van der Waals surface area contributed by atoms with Gasteiger partial charge in [0.1, 0.15) is 5.75 Å². The van der Waals surface area contributed by atoms with E-state index < -0.39 is 5.41 Å². The van der Waals surface area contributed by atoms with Gasteiger partial charge < -0.3 is 4.74 Å². The highest BCUT2D eigenvalue weighted by atomic mass is 16.6. The average Bonchev–Trinajstić information content (AvgIpc) is 2.39. The summed E-state index contributed by atoms with van der Waals surface area (Å²) in [5.41, 5.74) is -0.520. The van der Waals surface area contributed by atoms with Gasteiger partial charge in [-0.2, -0.15) is 0 Å². The molecule has 108 valence electrons. The van der Waals surface area contributed by atoms with Crippen LogP contribution in [0.4, 0.5) is 0 Å². The van der Waals surface area contributed by atoms with Crippen LogP contribution in [0.5, 0.6) is 5.75 Å². The molecule has 1 saturated carbocycles. The highest BCUT2D eigenvalue weighted by Gasteiger charge is 2.39. The Morgan fingerprint density at radius 3 is 2.45 bits per heavy atom. The third-order valence-corrected chi connectivity index (χ3v) is 3.87. The maximum Gasteiger partial charge on any atom is 0.312 e. The fraction of sp³-hybridized carbons (Fsp3) is 0.533. The highest BCUT2D eigenvalue weighted by molar-refractivity contribution is 5.73. The Balaban J connectivity index is 2.00. The van der Waals surface area contributed by atoms with Crippen molar-refractivity contribution in [1.82, 2.24) is 0 Å². The molecule has 1 aromatic rings. The zero-order chi connectivity index (χ0) is 14.4. The maximum absolute atomic E-state index is 12.0. The van der Waals surface area contributed by atoms with Crippen molar-refractivity contribution in [1.29, 1.82) is 0 Å². The number of nitrogens with zero attached hydrogens (tertiary/aromatic N) is 1. The molecule has 0 amide bonds. The number of benzene rings is 1. The summed E-state index contributed by atoms with van der Waals surface area (Å²) in [6, 6.07) is 8.83. The summed E-state index contributed by atoms with van der Waals surface area (Å²) in [6.07, 6.45) is 4.59. The summed E-state index contributed by atoms with van der Waals surface area (Å²) in [5.74, 6) is 0.115. The van der Waals surface area contributed by atoms with Gasteiger partial charge in [0.25, 0.3) is 0 Å². The van der Waals surface area contributed by atoms with E-state index in [1.165, 1.54) is 0 Å². The first-order chi connectivity index (χ1) is 9.60. The van der Waals surface area contributed by atoms with Crippen molar-refractivity contribution < 1.29 is 14.5 Å². The molecule has 5 nitrogen and oxygen atoms in total. The van der Waals surface area contributed by atoms with Crippen LogP contribution in [0.3, 0.4) is 0 Å². The fourth-order valence-electron chi connectivity index (χ4n) is 2.93. The first-order valence-electron chi connectivity index (χ1n) is 6.97. The van der Waals surface area contributed by atoms with E-state index in [0.29, 0.717) is 5.75 Å². The van der Waals surface area contributed by atoms with Gasteiger partial charge in [0.15, 0.2) is 0 Å². The standard InChI is InChI=1S/C15H19NO4/c17-14(20-13-7-3-1-4-8-13)11-15(12-16(18)19)9-5-2-6-10-15/h1,3-4,7-8H,2,5-6,9-12H2. The Morgan fingerprint density at radius 2 is 1.85 bits per heavy atom. The molecule has 20 heavy (non-hydrogen) atoms. The third kappa shape index (κ3) is 4.05. The average molecular weight is 277 g/mol. The molecule has 0 unspecified atom stereocenters. The Morgan fingerprint density at radius 1 is 1.20 bits per heavy atom. The van der Waals surface area contributed by atoms with Crippen molar-refractivity contribution in [2.45, 2.75) is 38.5 Å². The fourth-order valence-corrected chi connectivity index (χ4v) is 2.93. The van der Waals surface area contributed by atoms with Gasteiger partial charge in [-0.3, -0.25) is 14.9 Å².